The van der Waals surface area contributed by atoms with Gasteiger partial charge in [0.25, 0.3) is 0 Å². The lowest BCUT2D eigenvalue weighted by Crippen LogP contribution is -2.40. The van der Waals surface area contributed by atoms with Crippen LogP contribution in [0.1, 0.15) is 13.3 Å². The number of carboxylic acid groups (broad SMARTS) is 1. The highest BCUT2D eigenvalue weighted by atomic mass is 32.2. The van der Waals surface area contributed by atoms with E-state index in [1.165, 1.54) is 18.3 Å². The zero-order chi connectivity index (χ0) is 12.2. The van der Waals surface area contributed by atoms with Gasteiger partial charge in [-0.15, -0.1) is 0 Å². The lowest BCUT2D eigenvalue weighted by atomic mass is 10.2. The van der Waals surface area contributed by atoms with Crippen molar-refractivity contribution in [3.8, 4) is 0 Å². The molecule has 0 saturated carbocycles. The summed E-state index contributed by atoms with van der Waals surface area (Å²) in [5.41, 5.74) is 0. The first-order valence-electron chi connectivity index (χ1n) is 4.62. The minimum Gasteiger partial charge on any atom is -0.480 e. The van der Waals surface area contributed by atoms with Crippen LogP contribution in [0.4, 0.5) is 0 Å². The summed E-state index contributed by atoms with van der Waals surface area (Å²) in [6.45, 7) is 1.59. The van der Waals surface area contributed by atoms with E-state index in [0.29, 0.717) is 0 Å². The van der Waals surface area contributed by atoms with E-state index in [0.717, 1.165) is 6.20 Å². The van der Waals surface area contributed by atoms with Crippen molar-refractivity contribution in [2.75, 3.05) is 0 Å². The fraction of sp³-hybridized carbons (Fsp3) is 0.333. The average molecular weight is 244 g/mol. The van der Waals surface area contributed by atoms with Gasteiger partial charge in [0.2, 0.25) is 10.0 Å². The highest BCUT2D eigenvalue weighted by Crippen LogP contribution is 2.07. The summed E-state index contributed by atoms with van der Waals surface area (Å²) in [4.78, 5) is 14.3. The minimum absolute atomic E-state index is 0.0466. The van der Waals surface area contributed by atoms with Gasteiger partial charge in [-0.05, 0) is 18.6 Å². The quantitative estimate of drug-likeness (QED) is 0.772. The van der Waals surface area contributed by atoms with Gasteiger partial charge in [-0.2, -0.15) is 4.72 Å². The van der Waals surface area contributed by atoms with Crippen molar-refractivity contribution >= 4 is 16.0 Å². The maximum absolute atomic E-state index is 11.7. The molecule has 1 aromatic rings. The molecule has 0 amide bonds. The first kappa shape index (κ1) is 12.6. The minimum atomic E-state index is -3.81. The summed E-state index contributed by atoms with van der Waals surface area (Å²) in [6.07, 6.45) is 2.78. The lowest BCUT2D eigenvalue weighted by molar-refractivity contribution is -0.139. The standard InChI is InChI=1S/C9H12N2O4S/c1-2-8(9(12)13)11-16(14,15)7-4-3-5-10-6-7/h3-6,8,11H,2H2,1H3,(H,12,13)/t8-/m1/s1. The Labute approximate surface area is 93.4 Å². The number of carbonyl (C=O) groups is 1. The average Bonchev–Trinajstić information content (AvgIpc) is 2.27. The Morgan fingerprint density at radius 2 is 2.31 bits per heavy atom. The van der Waals surface area contributed by atoms with E-state index in [-0.39, 0.29) is 11.3 Å². The zero-order valence-corrected chi connectivity index (χ0v) is 9.44. The van der Waals surface area contributed by atoms with Gasteiger partial charge in [0.15, 0.2) is 0 Å². The molecule has 0 aromatic carbocycles. The molecule has 0 bridgehead atoms. The highest BCUT2D eigenvalue weighted by Gasteiger charge is 2.23. The molecule has 88 valence electrons. The second-order valence-electron chi connectivity index (χ2n) is 3.11. The van der Waals surface area contributed by atoms with Crippen LogP contribution in [-0.2, 0) is 14.8 Å². The van der Waals surface area contributed by atoms with Gasteiger partial charge >= 0.3 is 5.97 Å². The number of carboxylic acids is 1. The normalized spacial score (nSPS) is 13.3. The van der Waals surface area contributed by atoms with Crippen molar-refractivity contribution < 1.29 is 18.3 Å². The van der Waals surface area contributed by atoms with Crippen molar-refractivity contribution in [2.24, 2.45) is 0 Å². The fourth-order valence-corrected chi connectivity index (χ4v) is 2.31. The van der Waals surface area contributed by atoms with Crippen LogP contribution in [0.15, 0.2) is 29.4 Å². The molecule has 0 aliphatic rings. The smallest absolute Gasteiger partial charge is 0.321 e. The Hall–Kier alpha value is -1.47. The predicted octanol–water partition coefficient (Wildman–Crippen LogP) is 0.223. The van der Waals surface area contributed by atoms with Crippen molar-refractivity contribution in [3.63, 3.8) is 0 Å². The van der Waals surface area contributed by atoms with Crippen LogP contribution in [0, 0.1) is 0 Å². The molecule has 0 aliphatic carbocycles. The Morgan fingerprint density at radius 1 is 1.62 bits per heavy atom. The van der Waals surface area contributed by atoms with E-state index in [4.69, 9.17) is 5.11 Å². The summed E-state index contributed by atoms with van der Waals surface area (Å²) in [5.74, 6) is -1.20. The molecular formula is C9H12N2O4S. The predicted molar refractivity (Wildman–Crippen MR) is 56.3 cm³/mol. The van der Waals surface area contributed by atoms with Crippen LogP contribution < -0.4 is 4.72 Å². The van der Waals surface area contributed by atoms with Gasteiger partial charge in [0.1, 0.15) is 10.9 Å². The number of hydrogen-bond donors (Lipinski definition) is 2. The molecule has 0 fully saturated rings. The lowest BCUT2D eigenvalue weighted by Gasteiger charge is -2.12. The Balaban J connectivity index is 2.92. The molecule has 7 heteroatoms. The number of nitrogens with one attached hydrogen (secondary N) is 1. The molecule has 0 unspecified atom stereocenters. The molecule has 1 atom stereocenters. The molecule has 6 nitrogen and oxygen atoms in total. The second-order valence-corrected chi connectivity index (χ2v) is 4.82. The van der Waals surface area contributed by atoms with Crippen LogP contribution in [0.2, 0.25) is 0 Å². The molecule has 16 heavy (non-hydrogen) atoms. The van der Waals surface area contributed by atoms with E-state index in [1.807, 2.05) is 0 Å². The fourth-order valence-electron chi connectivity index (χ4n) is 1.07. The SMILES string of the molecule is CC[C@@H](NS(=O)(=O)c1cccnc1)C(=O)O. The zero-order valence-electron chi connectivity index (χ0n) is 8.62. The summed E-state index contributed by atoms with van der Waals surface area (Å²) < 4.78 is 25.5. The Kier molecular flexibility index (Phi) is 3.97. The number of aliphatic carboxylic acids is 1. The molecule has 0 spiro atoms. The molecule has 1 rings (SSSR count). The Bertz CT molecular complexity index is 458. The van der Waals surface area contributed by atoms with E-state index < -0.39 is 22.0 Å². The van der Waals surface area contributed by atoms with E-state index in [2.05, 4.69) is 9.71 Å². The number of nitrogens with zero attached hydrogens (tertiary/aromatic N) is 1. The van der Waals surface area contributed by atoms with Crippen LogP contribution in [0.25, 0.3) is 0 Å². The van der Waals surface area contributed by atoms with Gasteiger partial charge in [0.05, 0.1) is 0 Å². The van der Waals surface area contributed by atoms with Crippen molar-refractivity contribution in [3.05, 3.63) is 24.5 Å². The maximum Gasteiger partial charge on any atom is 0.321 e. The number of pyridine rings is 1. The van der Waals surface area contributed by atoms with Gasteiger partial charge in [-0.3, -0.25) is 9.78 Å². The third kappa shape index (κ3) is 3.01. The topological polar surface area (TPSA) is 96.4 Å². The van der Waals surface area contributed by atoms with Gasteiger partial charge in [-0.25, -0.2) is 8.42 Å². The Morgan fingerprint density at radius 3 is 2.75 bits per heavy atom. The molecule has 2 N–H and O–H groups in total. The van der Waals surface area contributed by atoms with E-state index in [9.17, 15) is 13.2 Å². The monoisotopic (exact) mass is 244 g/mol. The molecule has 1 aromatic heterocycles. The van der Waals surface area contributed by atoms with Crippen molar-refractivity contribution in [2.45, 2.75) is 24.3 Å². The van der Waals surface area contributed by atoms with Crippen LogP contribution in [-0.4, -0.2) is 30.5 Å². The summed E-state index contributed by atoms with van der Waals surface area (Å²) in [6, 6.07) is 1.70. The molecular weight excluding hydrogens is 232 g/mol. The van der Waals surface area contributed by atoms with Crippen molar-refractivity contribution in [1.82, 2.24) is 9.71 Å². The highest BCUT2D eigenvalue weighted by molar-refractivity contribution is 7.89. The number of aromatic nitrogens is 1. The first-order chi connectivity index (χ1) is 7.47. The van der Waals surface area contributed by atoms with Gasteiger partial charge in [-0.1, -0.05) is 6.92 Å². The molecule has 0 radical (unpaired) electrons. The third-order valence-electron chi connectivity index (χ3n) is 1.95. The van der Waals surface area contributed by atoms with Crippen LogP contribution in [0.3, 0.4) is 0 Å². The van der Waals surface area contributed by atoms with Gasteiger partial charge in [0, 0.05) is 12.4 Å². The van der Waals surface area contributed by atoms with Crippen molar-refractivity contribution in [1.29, 1.82) is 0 Å². The summed E-state index contributed by atoms with van der Waals surface area (Å²) in [7, 11) is -3.81. The molecule has 1 heterocycles. The molecule has 0 aliphatic heterocycles. The second kappa shape index (κ2) is 5.04. The summed E-state index contributed by atoms with van der Waals surface area (Å²) in [5, 5.41) is 8.74. The van der Waals surface area contributed by atoms with E-state index >= 15 is 0 Å². The third-order valence-corrected chi connectivity index (χ3v) is 3.41. The molecule has 0 saturated heterocycles. The van der Waals surface area contributed by atoms with Crippen LogP contribution in [0.5, 0.6) is 0 Å². The number of sulfonamides is 1. The maximum atomic E-state index is 11.7. The van der Waals surface area contributed by atoms with Gasteiger partial charge < -0.3 is 5.11 Å². The first-order valence-corrected chi connectivity index (χ1v) is 6.11. The van der Waals surface area contributed by atoms with Crippen LogP contribution >= 0.6 is 0 Å². The van der Waals surface area contributed by atoms with E-state index in [1.54, 1.807) is 6.92 Å². The summed E-state index contributed by atoms with van der Waals surface area (Å²) >= 11 is 0. The largest absolute Gasteiger partial charge is 0.480 e. The number of hydrogen-bond acceptors (Lipinski definition) is 4. The number of rotatable bonds is 5.